The van der Waals surface area contributed by atoms with Gasteiger partial charge >= 0.3 is 0 Å². The van der Waals surface area contributed by atoms with E-state index in [1.54, 1.807) is 0 Å². The zero-order valence-electron chi connectivity index (χ0n) is 11.2. The maximum absolute atomic E-state index is 4.55. The van der Waals surface area contributed by atoms with Gasteiger partial charge in [-0.05, 0) is 25.3 Å². The van der Waals surface area contributed by atoms with E-state index in [0.29, 0.717) is 0 Å². The summed E-state index contributed by atoms with van der Waals surface area (Å²) < 4.78 is 0. The summed E-state index contributed by atoms with van der Waals surface area (Å²) in [5.74, 6) is 1.77. The van der Waals surface area contributed by atoms with Crippen molar-refractivity contribution >= 4 is 11.8 Å². The van der Waals surface area contributed by atoms with Crippen molar-refractivity contribution < 1.29 is 0 Å². The summed E-state index contributed by atoms with van der Waals surface area (Å²) >= 11 is 0. The summed E-state index contributed by atoms with van der Waals surface area (Å²) in [6.45, 7) is 9.51. The van der Waals surface area contributed by atoms with Gasteiger partial charge in [0.15, 0.2) is 0 Å². The van der Waals surface area contributed by atoms with Crippen molar-refractivity contribution in [2.24, 2.45) is 0 Å². The average Bonchev–Trinajstić information content (AvgIpc) is 2.36. The van der Waals surface area contributed by atoms with Crippen LogP contribution >= 0.6 is 0 Å². The van der Waals surface area contributed by atoms with E-state index in [1.807, 2.05) is 12.3 Å². The molecule has 0 aromatic carbocycles. The minimum Gasteiger partial charge on any atom is -0.370 e. The average molecular weight is 236 g/mol. The lowest BCUT2D eigenvalue weighted by Crippen LogP contribution is -2.27. The van der Waals surface area contributed by atoms with Crippen molar-refractivity contribution in [1.82, 2.24) is 9.97 Å². The van der Waals surface area contributed by atoms with Gasteiger partial charge in [-0.1, -0.05) is 20.8 Å². The minimum absolute atomic E-state index is 0.842. The Hall–Kier alpha value is -1.32. The highest BCUT2D eigenvalue weighted by Gasteiger charge is 2.07. The Bertz CT molecular complexity index is 308. The normalized spacial score (nSPS) is 10.3. The fourth-order valence-corrected chi connectivity index (χ4v) is 1.70. The fourth-order valence-electron chi connectivity index (χ4n) is 1.70. The van der Waals surface area contributed by atoms with Crippen LogP contribution < -0.4 is 10.2 Å². The predicted molar refractivity (Wildman–Crippen MR) is 73.6 cm³/mol. The van der Waals surface area contributed by atoms with E-state index < -0.39 is 0 Å². The standard InChI is InChI=1S/C13H24N4/c1-4-8-14-12-7-9-15-13(16-12)17(10-5-2)11-6-3/h7,9H,4-6,8,10-11H2,1-3H3,(H,14,15,16). The van der Waals surface area contributed by atoms with E-state index in [2.05, 4.69) is 41.0 Å². The Labute approximate surface area is 104 Å². The van der Waals surface area contributed by atoms with E-state index in [4.69, 9.17) is 0 Å². The van der Waals surface area contributed by atoms with Crippen LogP contribution in [0.4, 0.5) is 11.8 Å². The molecule has 0 spiro atoms. The third-order valence-electron chi connectivity index (χ3n) is 2.47. The van der Waals surface area contributed by atoms with Gasteiger partial charge in [0.2, 0.25) is 5.95 Å². The molecule has 0 unspecified atom stereocenters. The van der Waals surface area contributed by atoms with Crippen molar-refractivity contribution in [3.05, 3.63) is 12.3 Å². The van der Waals surface area contributed by atoms with Crippen LogP contribution in [0.15, 0.2) is 12.3 Å². The van der Waals surface area contributed by atoms with E-state index >= 15 is 0 Å². The molecule has 4 heteroatoms. The molecule has 0 aliphatic carbocycles. The van der Waals surface area contributed by atoms with Crippen LogP contribution in [-0.2, 0) is 0 Å². The summed E-state index contributed by atoms with van der Waals surface area (Å²) in [6.07, 6.45) is 5.18. The van der Waals surface area contributed by atoms with Crippen LogP contribution in [-0.4, -0.2) is 29.6 Å². The number of hydrogen-bond acceptors (Lipinski definition) is 4. The summed E-state index contributed by atoms with van der Waals surface area (Å²) in [5.41, 5.74) is 0. The molecule has 0 aliphatic rings. The SMILES string of the molecule is CCCNc1ccnc(N(CCC)CCC)n1. The number of nitrogens with zero attached hydrogens (tertiary/aromatic N) is 3. The molecule has 0 amide bonds. The first-order valence-electron chi connectivity index (χ1n) is 6.63. The molecule has 1 aromatic rings. The molecule has 1 aromatic heterocycles. The summed E-state index contributed by atoms with van der Waals surface area (Å²) in [7, 11) is 0. The van der Waals surface area contributed by atoms with Gasteiger partial charge in [-0.3, -0.25) is 0 Å². The highest BCUT2D eigenvalue weighted by atomic mass is 15.3. The molecule has 1 heterocycles. The van der Waals surface area contributed by atoms with Gasteiger partial charge in [0.1, 0.15) is 5.82 Å². The molecule has 0 fully saturated rings. The van der Waals surface area contributed by atoms with Gasteiger partial charge in [0.05, 0.1) is 0 Å². The summed E-state index contributed by atoms with van der Waals surface area (Å²) in [6, 6.07) is 1.93. The molecule has 0 radical (unpaired) electrons. The lowest BCUT2D eigenvalue weighted by atomic mass is 10.3. The van der Waals surface area contributed by atoms with Crippen LogP contribution in [0.5, 0.6) is 0 Å². The maximum Gasteiger partial charge on any atom is 0.227 e. The molecular weight excluding hydrogens is 212 g/mol. The van der Waals surface area contributed by atoms with Crippen molar-refractivity contribution in [1.29, 1.82) is 0 Å². The fraction of sp³-hybridized carbons (Fsp3) is 0.692. The lowest BCUT2D eigenvalue weighted by molar-refractivity contribution is 0.721. The second-order valence-corrected chi connectivity index (χ2v) is 4.16. The quantitative estimate of drug-likeness (QED) is 0.753. The molecule has 1 N–H and O–H groups in total. The molecule has 0 bridgehead atoms. The molecule has 17 heavy (non-hydrogen) atoms. The maximum atomic E-state index is 4.55. The van der Waals surface area contributed by atoms with E-state index in [1.165, 1.54) is 0 Å². The number of rotatable bonds is 8. The second kappa shape index (κ2) is 7.87. The Morgan fingerprint density at radius 2 is 1.82 bits per heavy atom. The topological polar surface area (TPSA) is 41.1 Å². The van der Waals surface area contributed by atoms with Crippen molar-refractivity contribution in [3.63, 3.8) is 0 Å². The summed E-state index contributed by atoms with van der Waals surface area (Å²) in [5, 5.41) is 3.30. The van der Waals surface area contributed by atoms with Crippen LogP contribution in [0.2, 0.25) is 0 Å². The molecule has 4 nitrogen and oxygen atoms in total. The first-order valence-corrected chi connectivity index (χ1v) is 6.63. The number of nitrogens with one attached hydrogen (secondary N) is 1. The number of anilines is 2. The largest absolute Gasteiger partial charge is 0.370 e. The van der Waals surface area contributed by atoms with Gasteiger partial charge in [-0.25, -0.2) is 4.98 Å². The zero-order valence-corrected chi connectivity index (χ0v) is 11.2. The van der Waals surface area contributed by atoms with E-state index in [9.17, 15) is 0 Å². The van der Waals surface area contributed by atoms with Gasteiger partial charge in [-0.2, -0.15) is 4.98 Å². The molecule has 0 aliphatic heterocycles. The van der Waals surface area contributed by atoms with Gasteiger partial charge in [0, 0.05) is 25.8 Å². The summed E-state index contributed by atoms with van der Waals surface area (Å²) in [4.78, 5) is 11.2. The van der Waals surface area contributed by atoms with Crippen LogP contribution in [0.25, 0.3) is 0 Å². The Morgan fingerprint density at radius 1 is 1.12 bits per heavy atom. The molecule has 96 valence electrons. The number of aromatic nitrogens is 2. The highest BCUT2D eigenvalue weighted by molar-refractivity contribution is 5.41. The Kier molecular flexibility index (Phi) is 6.37. The van der Waals surface area contributed by atoms with Crippen molar-refractivity contribution in [3.8, 4) is 0 Å². The molecule has 1 rings (SSSR count). The third-order valence-corrected chi connectivity index (χ3v) is 2.47. The van der Waals surface area contributed by atoms with E-state index in [0.717, 1.165) is 50.7 Å². The van der Waals surface area contributed by atoms with E-state index in [-0.39, 0.29) is 0 Å². The Morgan fingerprint density at radius 3 is 2.41 bits per heavy atom. The lowest BCUT2D eigenvalue weighted by Gasteiger charge is -2.21. The van der Waals surface area contributed by atoms with Crippen molar-refractivity contribution in [2.45, 2.75) is 40.0 Å². The molecule has 0 atom stereocenters. The predicted octanol–water partition coefficient (Wildman–Crippen LogP) is 2.92. The van der Waals surface area contributed by atoms with Crippen LogP contribution in [0.1, 0.15) is 40.0 Å². The molecule has 0 saturated heterocycles. The van der Waals surface area contributed by atoms with Gasteiger partial charge < -0.3 is 10.2 Å². The van der Waals surface area contributed by atoms with Crippen molar-refractivity contribution in [2.75, 3.05) is 29.9 Å². The van der Waals surface area contributed by atoms with Gasteiger partial charge in [0.25, 0.3) is 0 Å². The highest BCUT2D eigenvalue weighted by Crippen LogP contribution is 2.11. The Balaban J connectivity index is 2.72. The number of hydrogen-bond donors (Lipinski definition) is 1. The van der Waals surface area contributed by atoms with Gasteiger partial charge in [-0.15, -0.1) is 0 Å². The smallest absolute Gasteiger partial charge is 0.227 e. The molecule has 0 saturated carbocycles. The molecular formula is C13H24N4. The minimum atomic E-state index is 0.842. The first-order chi connectivity index (χ1) is 8.31. The first kappa shape index (κ1) is 13.7. The third kappa shape index (κ3) is 4.59. The van der Waals surface area contributed by atoms with Crippen LogP contribution in [0.3, 0.4) is 0 Å². The van der Waals surface area contributed by atoms with Crippen LogP contribution in [0, 0.1) is 0 Å². The monoisotopic (exact) mass is 236 g/mol. The zero-order chi connectivity index (χ0) is 12.5. The second-order valence-electron chi connectivity index (χ2n) is 4.16.